The van der Waals surface area contributed by atoms with Gasteiger partial charge in [-0.3, -0.25) is 0 Å². The minimum absolute atomic E-state index is 0.332. The van der Waals surface area contributed by atoms with Crippen molar-refractivity contribution in [1.29, 1.82) is 0 Å². The molecule has 0 saturated carbocycles. The van der Waals surface area contributed by atoms with Gasteiger partial charge >= 0.3 is 0 Å². The van der Waals surface area contributed by atoms with E-state index in [1.807, 2.05) is 0 Å². The van der Waals surface area contributed by atoms with Gasteiger partial charge in [-0.2, -0.15) is 0 Å². The number of hydrogen-bond acceptors (Lipinski definition) is 0. The summed E-state index contributed by atoms with van der Waals surface area (Å²) in [6, 6.07) is 4.74. The Morgan fingerprint density at radius 2 is 1.70 bits per heavy atom. The first-order valence-electron chi connectivity index (χ1n) is 9.40. The molecular formula is C22H34Si. The van der Waals surface area contributed by atoms with E-state index in [0.717, 1.165) is 0 Å². The number of unbranched alkanes of at least 4 members (excludes halogenated alkanes) is 2. The normalized spacial score (nSPS) is 15.3. The fourth-order valence-electron chi connectivity index (χ4n) is 3.95. The van der Waals surface area contributed by atoms with Crippen molar-refractivity contribution in [3.63, 3.8) is 0 Å². The van der Waals surface area contributed by atoms with Crippen LogP contribution in [0.5, 0.6) is 0 Å². The summed E-state index contributed by atoms with van der Waals surface area (Å²) in [4.78, 5) is 0. The predicted octanol–water partition coefficient (Wildman–Crippen LogP) is 5.23. The summed E-state index contributed by atoms with van der Waals surface area (Å²) in [5.74, 6) is 0.673. The van der Waals surface area contributed by atoms with E-state index < -0.39 is 0 Å². The largest absolute Gasteiger partial charge is 0.0839 e. The molecule has 2 rings (SSSR count). The van der Waals surface area contributed by atoms with Crippen molar-refractivity contribution < 1.29 is 0 Å². The highest BCUT2D eigenvalue weighted by Gasteiger charge is 2.19. The molecule has 0 fully saturated rings. The van der Waals surface area contributed by atoms with Crippen LogP contribution in [-0.2, 0) is 0 Å². The zero-order chi connectivity index (χ0) is 17.0. The second-order valence-corrected chi connectivity index (χ2v) is 9.62. The molecule has 0 bridgehead atoms. The fraction of sp³-hybridized carbons (Fsp3) is 0.545. The molecule has 0 nitrogen and oxygen atoms in total. The van der Waals surface area contributed by atoms with E-state index in [9.17, 15) is 0 Å². The van der Waals surface area contributed by atoms with Crippen LogP contribution in [0.15, 0.2) is 34.6 Å². The third kappa shape index (κ3) is 4.70. The molecule has 0 N–H and O–H groups in total. The van der Waals surface area contributed by atoms with Crippen LogP contribution in [0.2, 0.25) is 0 Å². The van der Waals surface area contributed by atoms with Gasteiger partial charge in [0.2, 0.25) is 0 Å². The summed E-state index contributed by atoms with van der Waals surface area (Å²) >= 11 is 0. The highest BCUT2D eigenvalue weighted by atomic mass is 28.2. The van der Waals surface area contributed by atoms with Gasteiger partial charge in [0.25, 0.3) is 0 Å². The summed E-state index contributed by atoms with van der Waals surface area (Å²) in [6.45, 7) is 13.9. The van der Waals surface area contributed by atoms with Gasteiger partial charge in [-0.05, 0) is 46.0 Å². The lowest BCUT2D eigenvalue weighted by Gasteiger charge is -2.15. The van der Waals surface area contributed by atoms with E-state index in [2.05, 4.69) is 59.8 Å². The van der Waals surface area contributed by atoms with Crippen LogP contribution >= 0.6 is 0 Å². The van der Waals surface area contributed by atoms with Crippen molar-refractivity contribution in [3.05, 3.63) is 51.2 Å². The lowest BCUT2D eigenvalue weighted by Crippen LogP contribution is -2.24. The van der Waals surface area contributed by atoms with Gasteiger partial charge < -0.3 is 0 Å². The molecule has 0 amide bonds. The first-order chi connectivity index (χ1) is 10.9. The van der Waals surface area contributed by atoms with E-state index >= 15 is 0 Å². The molecule has 0 aliphatic heterocycles. The van der Waals surface area contributed by atoms with Crippen molar-refractivity contribution in [2.45, 2.75) is 73.6 Å². The topological polar surface area (TPSA) is 0 Å². The van der Waals surface area contributed by atoms with E-state index in [-0.39, 0.29) is 9.52 Å². The summed E-state index contributed by atoms with van der Waals surface area (Å²) in [5.41, 5.74) is 7.81. The predicted molar refractivity (Wildman–Crippen MR) is 108 cm³/mol. The van der Waals surface area contributed by atoms with Crippen LogP contribution in [0.1, 0.15) is 69.6 Å². The van der Waals surface area contributed by atoms with Crippen LogP contribution in [0.3, 0.4) is 0 Å². The quantitative estimate of drug-likeness (QED) is 0.475. The number of aryl methyl sites for hydroxylation is 3. The van der Waals surface area contributed by atoms with Crippen molar-refractivity contribution in [1.82, 2.24) is 0 Å². The van der Waals surface area contributed by atoms with Crippen molar-refractivity contribution in [2.75, 3.05) is 0 Å². The number of benzene rings is 1. The first kappa shape index (κ1) is 18.3. The van der Waals surface area contributed by atoms with E-state index in [1.165, 1.54) is 48.8 Å². The van der Waals surface area contributed by atoms with E-state index in [0.29, 0.717) is 5.92 Å². The smallest absolute Gasteiger partial charge is 0.0752 e. The highest BCUT2D eigenvalue weighted by Crippen LogP contribution is 2.32. The summed E-state index contributed by atoms with van der Waals surface area (Å²) in [6.07, 6.45) is 9.20. The Labute approximate surface area is 145 Å². The van der Waals surface area contributed by atoms with Crippen LogP contribution < -0.4 is 5.19 Å². The molecule has 23 heavy (non-hydrogen) atoms. The molecule has 0 unspecified atom stereocenters. The molecule has 0 aromatic heterocycles. The monoisotopic (exact) mass is 326 g/mol. The zero-order valence-electron chi connectivity index (χ0n) is 16.1. The Bertz CT molecular complexity index is 594. The molecule has 1 heteroatoms. The molecule has 0 heterocycles. The molecular weight excluding hydrogens is 292 g/mol. The lowest BCUT2D eigenvalue weighted by molar-refractivity contribution is 0.708. The average molecular weight is 327 g/mol. The molecule has 1 aromatic carbocycles. The number of hydrogen-bond donors (Lipinski definition) is 0. The van der Waals surface area contributed by atoms with Gasteiger partial charge in [-0.15, -0.1) is 0 Å². The van der Waals surface area contributed by atoms with E-state index in [1.54, 1.807) is 21.5 Å². The SMILES string of the molecule is CCCCCC1=CC(C(C)C)=C([SiH2]c2c(C)cc(C)cc2C)C1. The van der Waals surface area contributed by atoms with Gasteiger partial charge in [0.05, 0.1) is 9.52 Å². The minimum Gasteiger partial charge on any atom is -0.0752 e. The van der Waals surface area contributed by atoms with Gasteiger partial charge in [-0.1, -0.05) is 90.0 Å². The Morgan fingerprint density at radius 3 is 2.26 bits per heavy atom. The van der Waals surface area contributed by atoms with E-state index in [4.69, 9.17) is 0 Å². The van der Waals surface area contributed by atoms with Crippen molar-refractivity contribution in [3.8, 4) is 0 Å². The molecule has 0 saturated heterocycles. The lowest BCUT2D eigenvalue weighted by atomic mass is 10.0. The average Bonchev–Trinajstić information content (AvgIpc) is 2.86. The second-order valence-electron chi connectivity index (χ2n) is 7.70. The maximum atomic E-state index is 2.56. The Hall–Kier alpha value is -1.08. The zero-order valence-corrected chi connectivity index (χ0v) is 17.5. The maximum Gasteiger partial charge on any atom is 0.0839 e. The Kier molecular flexibility index (Phi) is 6.47. The maximum absolute atomic E-state index is 2.56. The van der Waals surface area contributed by atoms with Crippen LogP contribution in [0.25, 0.3) is 0 Å². The highest BCUT2D eigenvalue weighted by molar-refractivity contribution is 6.62. The van der Waals surface area contributed by atoms with Gasteiger partial charge in [-0.25, -0.2) is 0 Å². The summed E-state index contributed by atoms with van der Waals surface area (Å²) in [5, 5.41) is 3.49. The number of rotatable bonds is 7. The molecule has 0 spiro atoms. The van der Waals surface area contributed by atoms with Gasteiger partial charge in [0.15, 0.2) is 0 Å². The summed E-state index contributed by atoms with van der Waals surface area (Å²) < 4.78 is 0. The molecule has 0 radical (unpaired) electrons. The van der Waals surface area contributed by atoms with Crippen LogP contribution in [0.4, 0.5) is 0 Å². The third-order valence-electron chi connectivity index (χ3n) is 5.16. The third-order valence-corrected chi connectivity index (χ3v) is 7.72. The standard InChI is InChI=1S/C22H34Si/c1-7-8-9-10-19-13-20(15(2)3)21(14-19)23-22-17(5)11-16(4)12-18(22)6/h11-13,15H,7-10,14,23H2,1-6H3. The molecule has 1 aliphatic carbocycles. The first-order valence-corrected chi connectivity index (χ1v) is 10.8. The second kappa shape index (κ2) is 8.15. The molecule has 0 atom stereocenters. The van der Waals surface area contributed by atoms with Gasteiger partial charge in [0.1, 0.15) is 0 Å². The van der Waals surface area contributed by atoms with Crippen molar-refractivity contribution >= 4 is 14.7 Å². The van der Waals surface area contributed by atoms with Gasteiger partial charge in [0, 0.05) is 0 Å². The Morgan fingerprint density at radius 1 is 1.04 bits per heavy atom. The molecule has 1 aliphatic rings. The Balaban J connectivity index is 2.17. The molecule has 1 aromatic rings. The summed E-state index contributed by atoms with van der Waals surface area (Å²) in [7, 11) is -0.332. The minimum atomic E-state index is -0.332. The van der Waals surface area contributed by atoms with Crippen molar-refractivity contribution in [2.24, 2.45) is 5.92 Å². The fourth-order valence-corrected chi connectivity index (χ4v) is 6.30. The van der Waals surface area contributed by atoms with Crippen LogP contribution in [-0.4, -0.2) is 9.52 Å². The van der Waals surface area contributed by atoms with Crippen LogP contribution in [0, 0.1) is 26.7 Å². The number of allylic oxidation sites excluding steroid dienone is 4. The molecule has 126 valence electrons.